The first-order chi connectivity index (χ1) is 8.25. The summed E-state index contributed by atoms with van der Waals surface area (Å²) in [5, 5.41) is 0. The average Bonchev–Trinajstić information content (AvgIpc) is 2.37. The first kappa shape index (κ1) is 12.1. The third-order valence-corrected chi connectivity index (χ3v) is 3.68. The van der Waals surface area contributed by atoms with Crippen molar-refractivity contribution in [3.63, 3.8) is 0 Å². The number of hydrogen-bond acceptors (Lipinski definition) is 3. The molecule has 2 aromatic rings. The zero-order chi connectivity index (χ0) is 12.1. The average molecular weight is 244 g/mol. The summed E-state index contributed by atoms with van der Waals surface area (Å²) in [6, 6.07) is 12.5. The summed E-state index contributed by atoms with van der Waals surface area (Å²) in [5.74, 6) is 0.882. The van der Waals surface area contributed by atoms with Gasteiger partial charge in [-0.05, 0) is 24.6 Å². The van der Waals surface area contributed by atoms with Gasteiger partial charge in [-0.15, -0.1) is 11.8 Å². The number of rotatable bonds is 4. The summed E-state index contributed by atoms with van der Waals surface area (Å²) in [5.41, 5.74) is 8.63. The number of benzene rings is 1. The van der Waals surface area contributed by atoms with E-state index in [1.165, 1.54) is 16.0 Å². The summed E-state index contributed by atoms with van der Waals surface area (Å²) >= 11 is 1.76. The number of aryl methyl sites for hydroxylation is 1. The van der Waals surface area contributed by atoms with E-state index in [0.717, 1.165) is 5.75 Å². The van der Waals surface area contributed by atoms with Gasteiger partial charge in [-0.3, -0.25) is 4.98 Å². The molecule has 0 bridgehead atoms. The predicted molar refractivity (Wildman–Crippen MR) is 73.1 cm³/mol. The van der Waals surface area contributed by atoms with E-state index in [1.54, 1.807) is 24.2 Å². The first-order valence-electron chi connectivity index (χ1n) is 5.60. The lowest BCUT2D eigenvalue weighted by molar-refractivity contribution is 0.830. The Morgan fingerprint density at radius 1 is 1.24 bits per heavy atom. The topological polar surface area (TPSA) is 38.9 Å². The Morgan fingerprint density at radius 3 is 2.71 bits per heavy atom. The van der Waals surface area contributed by atoms with Crippen LogP contribution in [-0.4, -0.2) is 10.7 Å². The lowest BCUT2D eigenvalue weighted by atomic mass is 10.1. The number of nitrogens with zero attached hydrogens (tertiary/aromatic N) is 1. The molecule has 0 amide bonds. The molecular formula is C14H16N2S. The van der Waals surface area contributed by atoms with Gasteiger partial charge in [-0.2, -0.15) is 0 Å². The first-order valence-corrected chi connectivity index (χ1v) is 6.59. The highest BCUT2D eigenvalue weighted by Crippen LogP contribution is 2.23. The van der Waals surface area contributed by atoms with Crippen molar-refractivity contribution in [3.8, 4) is 0 Å². The fourth-order valence-corrected chi connectivity index (χ4v) is 2.50. The molecule has 3 heteroatoms. The highest BCUT2D eigenvalue weighted by molar-refractivity contribution is 7.99. The van der Waals surface area contributed by atoms with Crippen LogP contribution >= 0.6 is 11.8 Å². The smallest absolute Gasteiger partial charge is 0.0390 e. The molecule has 0 aliphatic rings. The van der Waals surface area contributed by atoms with Crippen LogP contribution in [0.4, 0.5) is 0 Å². The third-order valence-electron chi connectivity index (χ3n) is 2.55. The van der Waals surface area contributed by atoms with Gasteiger partial charge in [0.1, 0.15) is 0 Å². The molecule has 17 heavy (non-hydrogen) atoms. The second-order valence-corrected chi connectivity index (χ2v) is 5.11. The number of pyridine rings is 1. The van der Waals surface area contributed by atoms with Crippen LogP contribution in [0.5, 0.6) is 0 Å². The van der Waals surface area contributed by atoms with Gasteiger partial charge in [0, 0.05) is 29.1 Å². The molecule has 0 fully saturated rings. The number of hydrogen-bond donors (Lipinski definition) is 1. The van der Waals surface area contributed by atoms with Gasteiger partial charge in [0.2, 0.25) is 0 Å². The van der Waals surface area contributed by atoms with E-state index in [2.05, 4.69) is 36.2 Å². The van der Waals surface area contributed by atoms with E-state index in [-0.39, 0.29) is 6.04 Å². The van der Waals surface area contributed by atoms with Gasteiger partial charge in [0.25, 0.3) is 0 Å². The standard InChI is InChI=1S/C14H16N2S/c1-11-3-2-4-12(9-11)14(15)10-17-13-5-7-16-8-6-13/h2-9,14H,10,15H2,1H3. The van der Waals surface area contributed by atoms with E-state index in [0.29, 0.717) is 0 Å². The van der Waals surface area contributed by atoms with E-state index in [1.807, 2.05) is 12.1 Å². The van der Waals surface area contributed by atoms with Gasteiger partial charge in [0.05, 0.1) is 0 Å². The molecule has 1 unspecified atom stereocenters. The Labute approximate surface area is 106 Å². The number of nitrogens with two attached hydrogens (primary N) is 1. The van der Waals surface area contributed by atoms with Crippen molar-refractivity contribution in [3.05, 3.63) is 59.9 Å². The highest BCUT2D eigenvalue weighted by Gasteiger charge is 2.06. The number of aromatic nitrogens is 1. The van der Waals surface area contributed by atoms with E-state index in [4.69, 9.17) is 5.73 Å². The van der Waals surface area contributed by atoms with Gasteiger partial charge >= 0.3 is 0 Å². The molecule has 0 aliphatic carbocycles. The monoisotopic (exact) mass is 244 g/mol. The minimum absolute atomic E-state index is 0.0769. The van der Waals surface area contributed by atoms with Crippen molar-refractivity contribution in [1.82, 2.24) is 4.98 Å². The van der Waals surface area contributed by atoms with Crippen molar-refractivity contribution in [1.29, 1.82) is 0 Å². The van der Waals surface area contributed by atoms with Crippen LogP contribution in [-0.2, 0) is 0 Å². The maximum atomic E-state index is 6.18. The molecule has 0 saturated carbocycles. The van der Waals surface area contributed by atoms with Crippen LogP contribution in [0.25, 0.3) is 0 Å². The molecule has 1 aromatic heterocycles. The SMILES string of the molecule is Cc1cccc(C(N)CSc2ccncc2)c1. The molecular weight excluding hydrogens is 228 g/mol. The molecule has 2 N–H and O–H groups in total. The maximum absolute atomic E-state index is 6.18. The van der Waals surface area contributed by atoms with Crippen LogP contribution in [0.3, 0.4) is 0 Å². The molecule has 88 valence electrons. The third kappa shape index (κ3) is 3.58. The Bertz CT molecular complexity index is 471. The van der Waals surface area contributed by atoms with Crippen molar-refractivity contribution in [2.24, 2.45) is 5.73 Å². The predicted octanol–water partition coefficient (Wildman–Crippen LogP) is 3.18. The fraction of sp³-hybridized carbons (Fsp3) is 0.214. The number of thioether (sulfide) groups is 1. The van der Waals surface area contributed by atoms with Crippen LogP contribution in [0.15, 0.2) is 53.7 Å². The van der Waals surface area contributed by atoms with Gasteiger partial charge in [-0.1, -0.05) is 29.8 Å². The highest BCUT2D eigenvalue weighted by atomic mass is 32.2. The molecule has 1 atom stereocenters. The fourth-order valence-electron chi connectivity index (χ4n) is 1.62. The lowest BCUT2D eigenvalue weighted by Crippen LogP contribution is -2.12. The molecule has 1 aromatic carbocycles. The summed E-state index contributed by atoms with van der Waals surface area (Å²) in [7, 11) is 0. The second-order valence-electron chi connectivity index (χ2n) is 4.01. The molecule has 2 rings (SSSR count). The normalized spacial score (nSPS) is 12.4. The minimum atomic E-state index is 0.0769. The van der Waals surface area contributed by atoms with Crippen molar-refractivity contribution >= 4 is 11.8 Å². The summed E-state index contributed by atoms with van der Waals surface area (Å²) in [4.78, 5) is 5.21. The second kappa shape index (κ2) is 5.84. The Hall–Kier alpha value is -1.32. The van der Waals surface area contributed by atoms with Gasteiger partial charge in [0.15, 0.2) is 0 Å². The van der Waals surface area contributed by atoms with Gasteiger partial charge in [-0.25, -0.2) is 0 Å². The zero-order valence-electron chi connectivity index (χ0n) is 9.84. The minimum Gasteiger partial charge on any atom is -0.323 e. The Morgan fingerprint density at radius 2 is 2.00 bits per heavy atom. The van der Waals surface area contributed by atoms with E-state index in [9.17, 15) is 0 Å². The van der Waals surface area contributed by atoms with Crippen molar-refractivity contribution in [2.45, 2.75) is 17.9 Å². The van der Waals surface area contributed by atoms with Gasteiger partial charge < -0.3 is 5.73 Å². The molecule has 0 radical (unpaired) electrons. The largest absolute Gasteiger partial charge is 0.323 e. The summed E-state index contributed by atoms with van der Waals surface area (Å²) in [6.45, 7) is 2.09. The molecule has 0 spiro atoms. The Balaban J connectivity index is 1.96. The Kier molecular flexibility index (Phi) is 4.18. The summed E-state index contributed by atoms with van der Waals surface area (Å²) < 4.78 is 0. The molecule has 0 aliphatic heterocycles. The zero-order valence-corrected chi connectivity index (χ0v) is 10.7. The van der Waals surface area contributed by atoms with Crippen LogP contribution in [0, 0.1) is 6.92 Å². The van der Waals surface area contributed by atoms with E-state index < -0.39 is 0 Å². The quantitative estimate of drug-likeness (QED) is 0.840. The van der Waals surface area contributed by atoms with Crippen LogP contribution < -0.4 is 5.73 Å². The maximum Gasteiger partial charge on any atom is 0.0390 e. The summed E-state index contributed by atoms with van der Waals surface area (Å²) in [6.07, 6.45) is 3.61. The molecule has 2 nitrogen and oxygen atoms in total. The molecule has 0 saturated heterocycles. The molecule has 1 heterocycles. The lowest BCUT2D eigenvalue weighted by Gasteiger charge is -2.12. The van der Waals surface area contributed by atoms with E-state index >= 15 is 0 Å². The van der Waals surface area contributed by atoms with Crippen LogP contribution in [0.1, 0.15) is 17.2 Å². The van der Waals surface area contributed by atoms with Crippen molar-refractivity contribution < 1.29 is 0 Å². The van der Waals surface area contributed by atoms with Crippen molar-refractivity contribution in [2.75, 3.05) is 5.75 Å². The van der Waals surface area contributed by atoms with Crippen LogP contribution in [0.2, 0.25) is 0 Å².